The SMILES string of the molecule is CC#CC1(N)C(O)[C@@H](CO)O[C@H]1n1cnc(=O)[nH]c1=O. The van der Waals surface area contributed by atoms with Crippen LogP contribution in [0.15, 0.2) is 15.9 Å². The Kier molecular flexibility index (Phi) is 3.74. The Hall–Kier alpha value is -1.99. The van der Waals surface area contributed by atoms with Crippen LogP contribution >= 0.6 is 0 Å². The van der Waals surface area contributed by atoms with Gasteiger partial charge in [-0.2, -0.15) is 4.98 Å². The van der Waals surface area contributed by atoms with Gasteiger partial charge in [-0.15, -0.1) is 5.92 Å². The maximum atomic E-state index is 11.8. The minimum absolute atomic E-state index is 0.493. The summed E-state index contributed by atoms with van der Waals surface area (Å²) in [5.74, 6) is 5.14. The first kappa shape index (κ1) is 14.4. The number of aliphatic hydroxyl groups excluding tert-OH is 2. The lowest BCUT2D eigenvalue weighted by molar-refractivity contribution is -0.0481. The zero-order valence-electron chi connectivity index (χ0n) is 10.6. The van der Waals surface area contributed by atoms with Crippen molar-refractivity contribution < 1.29 is 14.9 Å². The monoisotopic (exact) mass is 282 g/mol. The number of nitrogens with two attached hydrogens (primary N) is 1. The molecule has 1 aliphatic rings. The van der Waals surface area contributed by atoms with E-state index in [4.69, 9.17) is 15.6 Å². The Bertz CT molecular complexity index is 672. The molecule has 0 bridgehead atoms. The van der Waals surface area contributed by atoms with E-state index in [2.05, 4.69) is 16.8 Å². The largest absolute Gasteiger partial charge is 0.394 e. The molecule has 0 radical (unpaired) electrons. The number of nitrogens with zero attached hydrogens (tertiary/aromatic N) is 2. The minimum Gasteiger partial charge on any atom is -0.394 e. The third-order valence-corrected chi connectivity index (χ3v) is 3.08. The molecule has 0 aromatic carbocycles. The molecule has 2 heterocycles. The van der Waals surface area contributed by atoms with Crippen molar-refractivity contribution in [1.82, 2.24) is 14.5 Å². The molecule has 1 aliphatic heterocycles. The van der Waals surface area contributed by atoms with Crippen LogP contribution in [-0.4, -0.2) is 49.1 Å². The highest BCUT2D eigenvalue weighted by Crippen LogP contribution is 2.35. The lowest BCUT2D eigenvalue weighted by Gasteiger charge is -2.27. The van der Waals surface area contributed by atoms with Gasteiger partial charge in [0.25, 0.3) is 0 Å². The Morgan fingerprint density at radius 2 is 2.35 bits per heavy atom. The second kappa shape index (κ2) is 5.18. The van der Waals surface area contributed by atoms with E-state index in [1.165, 1.54) is 6.92 Å². The summed E-state index contributed by atoms with van der Waals surface area (Å²) >= 11 is 0. The van der Waals surface area contributed by atoms with Crippen LogP contribution in [0.3, 0.4) is 0 Å². The highest BCUT2D eigenvalue weighted by Gasteiger charge is 2.54. The van der Waals surface area contributed by atoms with Gasteiger partial charge in [0.05, 0.1) is 6.61 Å². The molecule has 108 valence electrons. The van der Waals surface area contributed by atoms with Gasteiger partial charge in [-0.1, -0.05) is 5.92 Å². The number of aromatic nitrogens is 3. The molecule has 20 heavy (non-hydrogen) atoms. The van der Waals surface area contributed by atoms with Crippen LogP contribution in [0.5, 0.6) is 0 Å². The summed E-state index contributed by atoms with van der Waals surface area (Å²) in [6, 6.07) is 0. The average Bonchev–Trinajstić information content (AvgIpc) is 2.63. The number of H-pyrrole nitrogens is 1. The van der Waals surface area contributed by atoms with Gasteiger partial charge in [-0.05, 0) is 6.92 Å². The molecule has 1 saturated heterocycles. The van der Waals surface area contributed by atoms with E-state index in [1.807, 2.05) is 4.98 Å². The van der Waals surface area contributed by atoms with Crippen LogP contribution in [0.4, 0.5) is 0 Å². The molecule has 1 aromatic rings. The zero-order valence-corrected chi connectivity index (χ0v) is 10.6. The summed E-state index contributed by atoms with van der Waals surface area (Å²) in [6.07, 6.45) is -2.52. The topological polar surface area (TPSA) is 143 Å². The van der Waals surface area contributed by atoms with E-state index >= 15 is 0 Å². The predicted molar refractivity (Wildman–Crippen MR) is 66.5 cm³/mol. The fraction of sp³-hybridized carbons (Fsp3) is 0.545. The molecule has 1 aromatic heterocycles. The third-order valence-electron chi connectivity index (χ3n) is 3.08. The summed E-state index contributed by atoms with van der Waals surface area (Å²) in [4.78, 5) is 28.1. The molecule has 0 saturated carbocycles. The molecule has 1 fully saturated rings. The Morgan fingerprint density at radius 3 is 2.90 bits per heavy atom. The van der Waals surface area contributed by atoms with Gasteiger partial charge >= 0.3 is 11.4 Å². The Labute approximate surface area is 113 Å². The van der Waals surface area contributed by atoms with Gasteiger partial charge in [0.15, 0.2) is 11.8 Å². The highest BCUT2D eigenvalue weighted by atomic mass is 16.5. The maximum Gasteiger partial charge on any atom is 0.350 e. The van der Waals surface area contributed by atoms with Crippen molar-refractivity contribution >= 4 is 0 Å². The third kappa shape index (κ3) is 2.14. The number of rotatable bonds is 2. The lowest BCUT2D eigenvalue weighted by Crippen LogP contribution is -2.55. The molecule has 2 unspecified atom stereocenters. The first-order valence-electron chi connectivity index (χ1n) is 5.78. The minimum atomic E-state index is -1.61. The predicted octanol–water partition coefficient (Wildman–Crippen LogP) is -3.10. The molecule has 0 amide bonds. The van der Waals surface area contributed by atoms with Gasteiger partial charge in [0, 0.05) is 0 Å². The van der Waals surface area contributed by atoms with Crippen molar-refractivity contribution in [2.45, 2.75) is 30.9 Å². The number of ether oxygens (including phenoxy) is 1. The molecule has 9 nitrogen and oxygen atoms in total. The van der Waals surface area contributed by atoms with Crippen LogP contribution in [0.1, 0.15) is 13.2 Å². The highest BCUT2D eigenvalue weighted by molar-refractivity contribution is 5.24. The first-order chi connectivity index (χ1) is 9.43. The van der Waals surface area contributed by atoms with Crippen LogP contribution in [-0.2, 0) is 4.74 Å². The maximum absolute atomic E-state index is 11.8. The molecular weight excluding hydrogens is 268 g/mol. The van der Waals surface area contributed by atoms with Gasteiger partial charge in [0.1, 0.15) is 18.5 Å². The standard InChI is InChI=1S/C11H14N4O5/c1-2-3-11(12)7(17)6(4-16)20-8(11)15-5-13-9(18)14-10(15)19/h5-8,16-17H,4,12H2,1H3,(H,14,18,19)/t6-,7?,8-,11?/m1/s1. The van der Waals surface area contributed by atoms with Crippen LogP contribution in [0.2, 0.25) is 0 Å². The normalized spacial score (nSPS) is 32.7. The second-order valence-corrected chi connectivity index (χ2v) is 4.35. The van der Waals surface area contributed by atoms with Gasteiger partial charge < -0.3 is 20.7 Å². The van der Waals surface area contributed by atoms with Gasteiger partial charge in [-0.25, -0.2) is 9.59 Å². The fourth-order valence-electron chi connectivity index (χ4n) is 2.12. The number of aromatic amines is 1. The Morgan fingerprint density at radius 1 is 1.65 bits per heavy atom. The van der Waals surface area contributed by atoms with E-state index < -0.39 is 42.0 Å². The first-order valence-corrected chi connectivity index (χ1v) is 5.78. The molecule has 5 N–H and O–H groups in total. The second-order valence-electron chi connectivity index (χ2n) is 4.35. The fourth-order valence-corrected chi connectivity index (χ4v) is 2.12. The molecule has 9 heteroatoms. The number of aliphatic hydroxyl groups is 2. The van der Waals surface area contributed by atoms with Crippen molar-refractivity contribution in [3.8, 4) is 11.8 Å². The molecule has 0 spiro atoms. The molecular formula is C11H14N4O5. The summed E-state index contributed by atoms with van der Waals surface area (Å²) in [5.41, 5.74) is 2.81. The number of nitrogens with one attached hydrogen (secondary N) is 1. The molecule has 2 rings (SSSR count). The van der Waals surface area contributed by atoms with E-state index in [0.29, 0.717) is 0 Å². The lowest BCUT2D eigenvalue weighted by atomic mass is 9.91. The molecule has 4 atom stereocenters. The van der Waals surface area contributed by atoms with Crippen LogP contribution < -0.4 is 17.1 Å². The number of hydrogen-bond acceptors (Lipinski definition) is 7. The summed E-state index contributed by atoms with van der Waals surface area (Å²) in [6.45, 7) is 1.02. The van der Waals surface area contributed by atoms with Crippen molar-refractivity contribution in [2.75, 3.05) is 6.61 Å². The average molecular weight is 282 g/mol. The van der Waals surface area contributed by atoms with E-state index in [0.717, 1.165) is 10.9 Å². The van der Waals surface area contributed by atoms with Crippen molar-refractivity contribution in [3.05, 3.63) is 27.3 Å². The van der Waals surface area contributed by atoms with Crippen LogP contribution in [0, 0.1) is 11.8 Å². The van der Waals surface area contributed by atoms with E-state index in [-0.39, 0.29) is 0 Å². The Balaban J connectivity index is 2.55. The summed E-state index contributed by atoms with van der Waals surface area (Å²) < 4.78 is 6.29. The molecule has 0 aliphatic carbocycles. The van der Waals surface area contributed by atoms with Gasteiger partial charge in [0.2, 0.25) is 0 Å². The van der Waals surface area contributed by atoms with Crippen molar-refractivity contribution in [2.24, 2.45) is 5.73 Å². The van der Waals surface area contributed by atoms with E-state index in [1.54, 1.807) is 0 Å². The summed E-state index contributed by atoms with van der Waals surface area (Å²) in [5, 5.41) is 19.3. The van der Waals surface area contributed by atoms with Crippen molar-refractivity contribution in [3.63, 3.8) is 0 Å². The van der Waals surface area contributed by atoms with Gasteiger partial charge in [-0.3, -0.25) is 9.55 Å². The quantitative estimate of drug-likeness (QED) is 0.421. The zero-order chi connectivity index (χ0) is 14.9. The summed E-state index contributed by atoms with van der Waals surface area (Å²) in [7, 11) is 0. The smallest absolute Gasteiger partial charge is 0.350 e. The number of hydrogen-bond donors (Lipinski definition) is 4. The van der Waals surface area contributed by atoms with Crippen molar-refractivity contribution in [1.29, 1.82) is 0 Å². The van der Waals surface area contributed by atoms with E-state index in [9.17, 15) is 14.7 Å². The van der Waals surface area contributed by atoms with Crippen LogP contribution in [0.25, 0.3) is 0 Å².